The van der Waals surface area contributed by atoms with Gasteiger partial charge in [0.2, 0.25) is 0 Å². The van der Waals surface area contributed by atoms with Crippen LogP contribution in [0.15, 0.2) is 11.6 Å². The summed E-state index contributed by atoms with van der Waals surface area (Å²) in [4.78, 5) is 0. The van der Waals surface area contributed by atoms with Gasteiger partial charge in [-0.3, -0.25) is 0 Å². The van der Waals surface area contributed by atoms with Crippen molar-refractivity contribution in [1.82, 2.24) is 5.32 Å². The molecule has 0 aromatic rings. The maximum atomic E-state index is 5.27. The molecule has 2 nitrogen and oxygen atoms in total. The smallest absolute Gasteiger partial charge is 0.0650 e. The molecule has 1 aliphatic rings. The first-order valence-electron chi connectivity index (χ1n) is 5.97. The van der Waals surface area contributed by atoms with Crippen molar-refractivity contribution in [3.05, 3.63) is 11.6 Å². The van der Waals surface area contributed by atoms with Crippen LogP contribution in [0.2, 0.25) is 0 Å². The Morgan fingerprint density at radius 1 is 1.47 bits per heavy atom. The molecule has 0 amide bonds. The average molecular weight is 229 g/mol. The highest BCUT2D eigenvalue weighted by molar-refractivity contribution is 7.99. The van der Waals surface area contributed by atoms with Gasteiger partial charge in [0.1, 0.15) is 0 Å². The summed E-state index contributed by atoms with van der Waals surface area (Å²) in [5, 5.41) is 3.50. The molecule has 1 aliphatic heterocycles. The van der Waals surface area contributed by atoms with Gasteiger partial charge in [-0.15, -0.1) is 0 Å². The highest BCUT2D eigenvalue weighted by Gasteiger charge is 2.02. The Morgan fingerprint density at radius 2 is 2.40 bits per heavy atom. The molecule has 0 bridgehead atoms. The number of hydrogen-bond acceptors (Lipinski definition) is 3. The minimum atomic E-state index is 0.822. The summed E-state index contributed by atoms with van der Waals surface area (Å²) in [5.41, 5.74) is 1.57. The van der Waals surface area contributed by atoms with Crippen molar-refractivity contribution in [3.63, 3.8) is 0 Å². The van der Waals surface area contributed by atoms with Gasteiger partial charge in [-0.25, -0.2) is 0 Å². The van der Waals surface area contributed by atoms with Gasteiger partial charge in [-0.1, -0.05) is 18.6 Å². The van der Waals surface area contributed by atoms with Gasteiger partial charge >= 0.3 is 0 Å². The molecule has 0 saturated heterocycles. The largest absolute Gasteiger partial charge is 0.377 e. The minimum Gasteiger partial charge on any atom is -0.377 e. The maximum absolute atomic E-state index is 5.27. The standard InChI is InChI=1S/C12H23NOS/c1-2-15-11-3-7-13-8-4-12-5-9-14-10-6-12/h5,13H,2-4,6-11H2,1H3. The highest BCUT2D eigenvalue weighted by atomic mass is 32.2. The predicted octanol–water partition coefficient (Wildman–Crippen LogP) is 2.46. The Labute approximate surface area is 97.8 Å². The summed E-state index contributed by atoms with van der Waals surface area (Å²) in [6.45, 7) is 6.25. The van der Waals surface area contributed by atoms with Crippen molar-refractivity contribution in [2.45, 2.75) is 26.2 Å². The van der Waals surface area contributed by atoms with E-state index < -0.39 is 0 Å². The second kappa shape index (κ2) is 9.25. The second-order valence-electron chi connectivity index (χ2n) is 3.74. The normalized spacial score (nSPS) is 16.5. The first kappa shape index (κ1) is 13.1. The van der Waals surface area contributed by atoms with E-state index >= 15 is 0 Å². The molecule has 0 radical (unpaired) electrons. The summed E-state index contributed by atoms with van der Waals surface area (Å²) < 4.78 is 5.27. The lowest BCUT2D eigenvalue weighted by atomic mass is 10.1. The maximum Gasteiger partial charge on any atom is 0.0650 e. The molecule has 1 heterocycles. The molecule has 15 heavy (non-hydrogen) atoms. The molecule has 0 aliphatic carbocycles. The summed E-state index contributed by atoms with van der Waals surface area (Å²) in [6.07, 6.45) is 5.86. The van der Waals surface area contributed by atoms with Crippen molar-refractivity contribution in [1.29, 1.82) is 0 Å². The van der Waals surface area contributed by atoms with Gasteiger partial charge < -0.3 is 10.1 Å². The van der Waals surface area contributed by atoms with Gasteiger partial charge in [0, 0.05) is 0 Å². The van der Waals surface area contributed by atoms with Crippen LogP contribution in [0.5, 0.6) is 0 Å². The first-order valence-corrected chi connectivity index (χ1v) is 7.13. The number of nitrogens with one attached hydrogen (secondary N) is 1. The zero-order valence-electron chi connectivity index (χ0n) is 9.76. The lowest BCUT2D eigenvalue weighted by Crippen LogP contribution is -2.18. The molecular formula is C12H23NOS. The SMILES string of the molecule is CCSCCCNCCC1=CCOCC1. The lowest BCUT2D eigenvalue weighted by Gasteiger charge is -2.13. The Bertz CT molecular complexity index is 182. The molecule has 0 saturated carbocycles. The van der Waals surface area contributed by atoms with E-state index in [2.05, 4.69) is 18.3 Å². The van der Waals surface area contributed by atoms with Gasteiger partial charge in [0.05, 0.1) is 13.2 Å². The third-order valence-corrected chi connectivity index (χ3v) is 3.51. The van der Waals surface area contributed by atoms with Crippen LogP contribution in [-0.2, 0) is 4.74 Å². The molecule has 88 valence electrons. The van der Waals surface area contributed by atoms with E-state index in [0.29, 0.717) is 0 Å². The molecule has 0 fully saturated rings. The van der Waals surface area contributed by atoms with Crippen LogP contribution in [0.4, 0.5) is 0 Å². The molecule has 1 rings (SSSR count). The quantitative estimate of drug-likeness (QED) is 0.510. The molecule has 0 aromatic heterocycles. The van der Waals surface area contributed by atoms with Gasteiger partial charge in [0.15, 0.2) is 0 Å². The Kier molecular flexibility index (Phi) is 8.07. The van der Waals surface area contributed by atoms with E-state index in [0.717, 1.165) is 32.7 Å². The lowest BCUT2D eigenvalue weighted by molar-refractivity contribution is 0.153. The molecule has 0 unspecified atom stereocenters. The van der Waals surface area contributed by atoms with Crippen molar-refractivity contribution < 1.29 is 4.74 Å². The fourth-order valence-corrected chi connectivity index (χ4v) is 2.25. The minimum absolute atomic E-state index is 0.822. The van der Waals surface area contributed by atoms with Crippen LogP contribution in [0.3, 0.4) is 0 Å². The molecular weight excluding hydrogens is 206 g/mol. The predicted molar refractivity (Wildman–Crippen MR) is 68.6 cm³/mol. The van der Waals surface area contributed by atoms with Crippen LogP contribution in [0, 0.1) is 0 Å². The third kappa shape index (κ3) is 6.98. The second-order valence-corrected chi connectivity index (χ2v) is 5.13. The molecule has 0 aromatic carbocycles. The van der Waals surface area contributed by atoms with Crippen molar-refractivity contribution in [3.8, 4) is 0 Å². The highest BCUT2D eigenvalue weighted by Crippen LogP contribution is 2.10. The van der Waals surface area contributed by atoms with Crippen molar-refractivity contribution in [2.24, 2.45) is 0 Å². The number of ether oxygens (including phenoxy) is 1. The number of hydrogen-bond donors (Lipinski definition) is 1. The summed E-state index contributed by atoms with van der Waals surface area (Å²) in [6, 6.07) is 0. The molecule has 3 heteroatoms. The van der Waals surface area contributed by atoms with E-state index in [4.69, 9.17) is 4.74 Å². The Hall–Kier alpha value is 0.01000. The van der Waals surface area contributed by atoms with E-state index in [-0.39, 0.29) is 0 Å². The van der Waals surface area contributed by atoms with Crippen molar-refractivity contribution in [2.75, 3.05) is 37.8 Å². The van der Waals surface area contributed by atoms with E-state index in [1.54, 1.807) is 5.57 Å². The monoisotopic (exact) mass is 229 g/mol. The van der Waals surface area contributed by atoms with Crippen LogP contribution in [-0.4, -0.2) is 37.8 Å². The fourth-order valence-electron chi connectivity index (χ4n) is 1.61. The van der Waals surface area contributed by atoms with Gasteiger partial charge in [-0.05, 0) is 43.9 Å². The zero-order valence-corrected chi connectivity index (χ0v) is 10.6. The van der Waals surface area contributed by atoms with E-state index in [1.165, 1.54) is 24.3 Å². The third-order valence-electron chi connectivity index (χ3n) is 2.53. The van der Waals surface area contributed by atoms with E-state index in [9.17, 15) is 0 Å². The molecule has 0 atom stereocenters. The molecule has 0 spiro atoms. The summed E-state index contributed by atoms with van der Waals surface area (Å²) >= 11 is 2.03. The van der Waals surface area contributed by atoms with Crippen molar-refractivity contribution >= 4 is 11.8 Å². The van der Waals surface area contributed by atoms with Gasteiger partial charge in [-0.2, -0.15) is 11.8 Å². The zero-order chi connectivity index (χ0) is 10.8. The van der Waals surface area contributed by atoms with Crippen LogP contribution in [0.25, 0.3) is 0 Å². The van der Waals surface area contributed by atoms with Crippen LogP contribution < -0.4 is 5.32 Å². The number of thioether (sulfide) groups is 1. The van der Waals surface area contributed by atoms with Crippen LogP contribution >= 0.6 is 11.8 Å². The van der Waals surface area contributed by atoms with Crippen LogP contribution in [0.1, 0.15) is 26.2 Å². The Morgan fingerprint density at radius 3 is 3.13 bits per heavy atom. The van der Waals surface area contributed by atoms with E-state index in [1.807, 2.05) is 11.8 Å². The molecule has 1 N–H and O–H groups in total. The fraction of sp³-hybridized carbons (Fsp3) is 0.833. The summed E-state index contributed by atoms with van der Waals surface area (Å²) in [7, 11) is 0. The first-order chi connectivity index (χ1) is 7.43. The topological polar surface area (TPSA) is 21.3 Å². The Balaban J connectivity index is 1.86. The van der Waals surface area contributed by atoms with Gasteiger partial charge in [0.25, 0.3) is 0 Å². The number of rotatable bonds is 8. The average Bonchev–Trinajstić information content (AvgIpc) is 2.29. The summed E-state index contributed by atoms with van der Waals surface area (Å²) in [5.74, 6) is 2.53.